The van der Waals surface area contributed by atoms with Crippen LogP contribution in [0.5, 0.6) is 0 Å². The lowest BCUT2D eigenvalue weighted by molar-refractivity contribution is -0.154. The summed E-state index contributed by atoms with van der Waals surface area (Å²) in [5.41, 5.74) is 4.54. The summed E-state index contributed by atoms with van der Waals surface area (Å²) < 4.78 is 137. The van der Waals surface area contributed by atoms with Crippen LogP contribution in [0.25, 0.3) is 11.1 Å². The lowest BCUT2D eigenvalue weighted by Gasteiger charge is -2.10. The largest absolute Gasteiger partial charge is 0.464 e. The molecule has 0 aliphatic rings. The second-order valence-corrected chi connectivity index (χ2v) is 19.7. The quantitative estimate of drug-likeness (QED) is 0.0128. The van der Waals surface area contributed by atoms with Crippen LogP contribution >= 0.6 is 0 Å². The molecular weight excluding hydrogens is 993 g/mol. The van der Waals surface area contributed by atoms with Crippen molar-refractivity contribution in [3.63, 3.8) is 0 Å². The van der Waals surface area contributed by atoms with Gasteiger partial charge in [-0.15, -0.1) is 0 Å². The summed E-state index contributed by atoms with van der Waals surface area (Å²) in [5, 5.41) is 0. The number of allylic oxidation sites excluding steroid dienone is 3. The zero-order valence-corrected chi connectivity index (χ0v) is 39.3. The number of aldehydes is 1. The minimum atomic E-state index is -4.41. The van der Waals surface area contributed by atoms with Gasteiger partial charge in [0.15, 0.2) is 0 Å². The van der Waals surface area contributed by atoms with Gasteiger partial charge >= 0.3 is 23.9 Å². The Morgan fingerprint density at radius 3 is 0.913 bits per heavy atom. The Kier molecular flexibility index (Phi) is 24.8. The third-order valence-corrected chi connectivity index (χ3v) is 10.8. The number of ether oxygens (including phenoxy) is 4. The van der Waals surface area contributed by atoms with Crippen LogP contribution in [-0.2, 0) is 83.4 Å². The maximum absolute atomic E-state index is 12.5. The summed E-state index contributed by atoms with van der Waals surface area (Å²) in [6.07, 6.45) is 4.13. The number of esters is 4. The van der Waals surface area contributed by atoms with Crippen molar-refractivity contribution >= 4 is 81.8 Å². The molecule has 4 aromatic rings. The zero-order chi connectivity index (χ0) is 51.5. The molecule has 4 aromatic carbocycles. The molecule has 0 unspecified atom stereocenters. The minimum absolute atomic E-state index is 0.621. The van der Waals surface area contributed by atoms with Crippen molar-refractivity contribution in [1.82, 2.24) is 0 Å². The minimum Gasteiger partial charge on any atom is -0.464 e. The van der Waals surface area contributed by atoms with Crippen molar-refractivity contribution in [3.8, 4) is 0 Å². The number of benzene rings is 4. The van der Waals surface area contributed by atoms with Gasteiger partial charge < -0.3 is 18.9 Å². The van der Waals surface area contributed by atoms with E-state index in [1.54, 1.807) is 54.6 Å². The van der Waals surface area contributed by atoms with Gasteiger partial charge in [-0.05, 0) is 45.6 Å². The molecule has 4 N–H and O–H groups in total. The summed E-state index contributed by atoms with van der Waals surface area (Å²) in [5.74, 6) is -8.10. The Morgan fingerprint density at radius 2 is 0.652 bits per heavy atom. The fourth-order valence-corrected chi connectivity index (χ4v) is 6.20. The smallest absolute Gasteiger partial charge is 0.345 e. The van der Waals surface area contributed by atoms with E-state index in [1.807, 2.05) is 72.8 Å². The van der Waals surface area contributed by atoms with Gasteiger partial charge in [-0.2, -0.15) is 33.7 Å². The number of hydrogen-bond donors (Lipinski definition) is 4. The standard InChI is InChI=1S/C22H22O10S2.C15H12O.C7H12O10S2/c23-21(31-13-15-33(25,26)27)20(22(24)32-14-16-34(28,29)30)12-11-19(17-7-3-1-4-8-17)18-9-5-2-6-10-18;16-12-11-15(13-7-3-1-4-8-13)14-9-5-2-6-10-14;8-6(16-1-3-18(10,11)12)5-7(9)17-2-4-19(13,14)15/h1-12H,13-16H2,(H,25,26,27)(H,28,29,30);1-12H;1-5H2,(H,10,11,12)(H,13,14,15). The molecule has 0 fully saturated rings. The number of carbonyl (C=O) groups excluding carboxylic acids is 5. The first-order valence-electron chi connectivity index (χ1n) is 19.6. The molecule has 0 saturated carbocycles. The second-order valence-electron chi connectivity index (χ2n) is 13.4. The van der Waals surface area contributed by atoms with Gasteiger partial charge in [0.1, 0.15) is 67.7 Å². The average Bonchev–Trinajstić information content (AvgIpc) is 3.27. The van der Waals surface area contributed by atoms with Crippen LogP contribution in [0.3, 0.4) is 0 Å². The molecule has 4 rings (SSSR count). The van der Waals surface area contributed by atoms with Crippen LogP contribution in [0.15, 0.2) is 145 Å². The highest BCUT2D eigenvalue weighted by Crippen LogP contribution is 2.24. The van der Waals surface area contributed by atoms with Crippen LogP contribution in [-0.4, -0.2) is 131 Å². The maximum Gasteiger partial charge on any atom is 0.345 e. The van der Waals surface area contributed by atoms with E-state index in [-0.39, 0.29) is 0 Å². The second kappa shape index (κ2) is 29.2. The monoisotopic (exact) mass is 1040 g/mol. The molecule has 25 heteroatoms. The summed E-state index contributed by atoms with van der Waals surface area (Å²) in [4.78, 5) is 57.5. The van der Waals surface area contributed by atoms with E-state index < -0.39 is 126 Å². The van der Waals surface area contributed by atoms with E-state index in [4.69, 9.17) is 27.7 Å². The molecule has 0 saturated heterocycles. The molecule has 0 bridgehead atoms. The molecule has 0 heterocycles. The molecule has 0 atom stereocenters. The Bertz CT molecular complexity index is 2680. The summed E-state index contributed by atoms with van der Waals surface area (Å²) >= 11 is 0. The fraction of sp³-hybridized carbons (Fsp3) is 0.205. The maximum atomic E-state index is 12.5. The Labute approximate surface area is 398 Å². The summed E-state index contributed by atoms with van der Waals surface area (Å²) in [7, 11) is -17.4. The Balaban J connectivity index is 0.000000392. The Morgan fingerprint density at radius 1 is 0.391 bits per heavy atom. The van der Waals surface area contributed by atoms with Crippen molar-refractivity contribution in [2.75, 3.05) is 49.4 Å². The van der Waals surface area contributed by atoms with Gasteiger partial charge in [0.2, 0.25) is 0 Å². The van der Waals surface area contributed by atoms with Gasteiger partial charge in [-0.1, -0.05) is 127 Å². The van der Waals surface area contributed by atoms with E-state index in [0.29, 0.717) is 5.57 Å². The van der Waals surface area contributed by atoms with Crippen LogP contribution < -0.4 is 0 Å². The van der Waals surface area contributed by atoms with Crippen molar-refractivity contribution in [2.45, 2.75) is 6.42 Å². The molecule has 372 valence electrons. The van der Waals surface area contributed by atoms with E-state index >= 15 is 0 Å². The predicted molar refractivity (Wildman–Crippen MR) is 248 cm³/mol. The highest BCUT2D eigenvalue weighted by atomic mass is 32.2. The molecule has 0 amide bonds. The van der Waals surface area contributed by atoms with Gasteiger partial charge in [0.05, 0.1) is 0 Å². The van der Waals surface area contributed by atoms with Crippen molar-refractivity contribution in [3.05, 3.63) is 167 Å². The van der Waals surface area contributed by atoms with Crippen molar-refractivity contribution in [1.29, 1.82) is 0 Å². The highest BCUT2D eigenvalue weighted by molar-refractivity contribution is 7.86. The van der Waals surface area contributed by atoms with Crippen LogP contribution in [0.2, 0.25) is 0 Å². The first-order valence-corrected chi connectivity index (χ1v) is 26.1. The molecular formula is C44H46O21S4. The average molecular weight is 1040 g/mol. The topological polar surface area (TPSA) is 340 Å². The Hall–Kier alpha value is -6.71. The van der Waals surface area contributed by atoms with Crippen molar-refractivity contribution < 1.29 is 94.8 Å². The summed E-state index contributed by atoms with van der Waals surface area (Å²) in [6, 6.07) is 37.8. The molecule has 0 aliphatic heterocycles. The number of rotatable bonds is 22. The third kappa shape index (κ3) is 27.0. The molecule has 21 nitrogen and oxygen atoms in total. The highest BCUT2D eigenvalue weighted by Gasteiger charge is 2.23. The van der Waals surface area contributed by atoms with Gasteiger partial charge in [0, 0.05) is 0 Å². The molecule has 0 aromatic heterocycles. The van der Waals surface area contributed by atoms with Crippen LogP contribution in [0.1, 0.15) is 28.7 Å². The lowest BCUT2D eigenvalue weighted by Crippen LogP contribution is -2.23. The third-order valence-electron chi connectivity index (χ3n) is 8.08. The first kappa shape index (κ1) is 58.4. The van der Waals surface area contributed by atoms with Crippen molar-refractivity contribution in [2.24, 2.45) is 0 Å². The number of hydrogen-bond acceptors (Lipinski definition) is 17. The van der Waals surface area contributed by atoms with Gasteiger partial charge in [-0.25, -0.2) is 9.59 Å². The zero-order valence-electron chi connectivity index (χ0n) is 36.1. The van der Waals surface area contributed by atoms with E-state index in [0.717, 1.165) is 40.2 Å². The van der Waals surface area contributed by atoms with Gasteiger partial charge in [0.25, 0.3) is 40.5 Å². The predicted octanol–water partition coefficient (Wildman–Crippen LogP) is 3.46. The van der Waals surface area contributed by atoms with Crippen LogP contribution in [0.4, 0.5) is 0 Å². The van der Waals surface area contributed by atoms with E-state index in [2.05, 4.69) is 9.47 Å². The summed E-state index contributed by atoms with van der Waals surface area (Å²) in [6.45, 7) is -2.73. The molecule has 69 heavy (non-hydrogen) atoms. The molecule has 0 radical (unpaired) electrons. The lowest BCUT2D eigenvalue weighted by atomic mass is 9.97. The van der Waals surface area contributed by atoms with E-state index in [1.165, 1.54) is 6.08 Å². The van der Waals surface area contributed by atoms with Crippen LogP contribution in [0, 0.1) is 0 Å². The normalized spacial score (nSPS) is 11.0. The SMILES string of the molecule is O=C(CC(=O)OCCS(=O)(=O)O)OCCS(=O)(=O)O.O=C(OCCS(=O)(=O)O)C(=CC=C(c1ccccc1)c1ccccc1)C(=O)OCCS(=O)(=O)O.O=CC=C(c1ccccc1)c1ccccc1. The molecule has 0 spiro atoms. The first-order chi connectivity index (χ1) is 32.4. The number of carbonyl (C=O) groups is 5. The molecule has 0 aliphatic carbocycles. The van der Waals surface area contributed by atoms with E-state index in [9.17, 15) is 57.6 Å². The van der Waals surface area contributed by atoms with Gasteiger partial charge in [-0.3, -0.25) is 32.6 Å². The fourth-order valence-electron chi connectivity index (χ4n) is 5.02.